The molecule has 3 heteroatoms. The summed E-state index contributed by atoms with van der Waals surface area (Å²) < 4.78 is 0. The van der Waals surface area contributed by atoms with Gasteiger partial charge in [0.05, 0.1) is 5.25 Å². The lowest BCUT2D eigenvalue weighted by molar-refractivity contribution is 0.640. The number of rotatable bonds is 5. The normalized spacial score (nSPS) is 14.3. The van der Waals surface area contributed by atoms with Crippen molar-refractivity contribution in [3.8, 4) is 0 Å². The first-order chi connectivity index (χ1) is 9.11. The van der Waals surface area contributed by atoms with Crippen molar-refractivity contribution in [3.63, 3.8) is 0 Å². The Balaban J connectivity index is 2.28. The van der Waals surface area contributed by atoms with Crippen LogP contribution in [0.25, 0.3) is 0 Å². The van der Waals surface area contributed by atoms with Gasteiger partial charge in [-0.2, -0.15) is 0 Å². The lowest BCUT2D eigenvalue weighted by atomic mass is 10.1. The summed E-state index contributed by atoms with van der Waals surface area (Å²) in [6.45, 7) is 6.48. The van der Waals surface area contributed by atoms with E-state index in [2.05, 4.69) is 56.5 Å². The van der Waals surface area contributed by atoms with Crippen LogP contribution in [0, 0.1) is 13.8 Å². The van der Waals surface area contributed by atoms with E-state index in [-0.39, 0.29) is 6.04 Å². The van der Waals surface area contributed by atoms with Crippen molar-refractivity contribution in [3.05, 3.63) is 51.7 Å². The van der Waals surface area contributed by atoms with Crippen LogP contribution in [0.4, 0.5) is 0 Å². The average Bonchev–Trinajstić information content (AvgIpc) is 2.92. The first kappa shape index (κ1) is 14.6. The second-order valence-corrected chi connectivity index (χ2v) is 7.06. The van der Waals surface area contributed by atoms with Crippen molar-refractivity contribution >= 4 is 23.1 Å². The zero-order valence-electron chi connectivity index (χ0n) is 11.7. The van der Waals surface area contributed by atoms with E-state index in [4.69, 9.17) is 5.73 Å². The lowest BCUT2D eigenvalue weighted by Gasteiger charge is -2.22. The van der Waals surface area contributed by atoms with Gasteiger partial charge in [-0.15, -0.1) is 23.1 Å². The number of hydrogen-bond acceptors (Lipinski definition) is 3. The molecule has 2 unspecified atom stereocenters. The molecule has 0 radical (unpaired) electrons. The fourth-order valence-electron chi connectivity index (χ4n) is 1.99. The molecular weight excluding hydrogens is 270 g/mol. The van der Waals surface area contributed by atoms with Gasteiger partial charge in [0.2, 0.25) is 0 Å². The van der Waals surface area contributed by atoms with E-state index in [0.717, 1.165) is 6.42 Å². The standard InChI is InChI=1S/C16H21NS2/c1-4-13(17)16(14-6-5-9-18-14)19-15-10-11(2)7-8-12(15)3/h5-10,13,16H,4,17H2,1-3H3. The molecule has 1 aromatic heterocycles. The zero-order valence-corrected chi connectivity index (χ0v) is 13.4. The highest BCUT2D eigenvalue weighted by Gasteiger charge is 2.21. The first-order valence-corrected chi connectivity index (χ1v) is 8.40. The Morgan fingerprint density at radius 1 is 1.26 bits per heavy atom. The number of nitrogens with two attached hydrogens (primary N) is 1. The Morgan fingerprint density at radius 3 is 2.68 bits per heavy atom. The third-order valence-corrected chi connectivity index (χ3v) is 5.94. The van der Waals surface area contributed by atoms with Crippen LogP contribution >= 0.6 is 23.1 Å². The highest BCUT2D eigenvalue weighted by molar-refractivity contribution is 7.99. The molecule has 1 aromatic carbocycles. The van der Waals surface area contributed by atoms with Crippen molar-refractivity contribution < 1.29 is 0 Å². The predicted octanol–water partition coefficient (Wildman–Crippen LogP) is 4.94. The molecule has 0 fully saturated rings. The topological polar surface area (TPSA) is 26.0 Å². The lowest BCUT2D eigenvalue weighted by Crippen LogP contribution is -2.25. The number of thiophene rings is 1. The van der Waals surface area contributed by atoms with Crippen molar-refractivity contribution in [1.29, 1.82) is 0 Å². The minimum absolute atomic E-state index is 0.198. The molecule has 102 valence electrons. The summed E-state index contributed by atoms with van der Waals surface area (Å²) in [5.41, 5.74) is 8.97. The van der Waals surface area contributed by atoms with Crippen LogP contribution in [0.5, 0.6) is 0 Å². The van der Waals surface area contributed by atoms with Gasteiger partial charge in [0.15, 0.2) is 0 Å². The fraction of sp³-hybridized carbons (Fsp3) is 0.375. The van der Waals surface area contributed by atoms with Crippen LogP contribution in [0.15, 0.2) is 40.6 Å². The Hall–Kier alpha value is -0.770. The predicted molar refractivity (Wildman–Crippen MR) is 87.1 cm³/mol. The van der Waals surface area contributed by atoms with Gasteiger partial charge in [0.25, 0.3) is 0 Å². The van der Waals surface area contributed by atoms with Crippen LogP contribution < -0.4 is 5.73 Å². The van der Waals surface area contributed by atoms with Crippen molar-refractivity contribution in [2.24, 2.45) is 5.73 Å². The van der Waals surface area contributed by atoms with Gasteiger partial charge in [-0.1, -0.05) is 30.7 Å². The maximum absolute atomic E-state index is 6.33. The molecule has 0 saturated heterocycles. The van der Waals surface area contributed by atoms with Crippen molar-refractivity contribution in [2.75, 3.05) is 0 Å². The van der Waals surface area contributed by atoms with E-state index in [9.17, 15) is 0 Å². The average molecular weight is 291 g/mol. The third-order valence-electron chi connectivity index (χ3n) is 3.28. The van der Waals surface area contributed by atoms with Crippen LogP contribution in [0.1, 0.15) is 34.6 Å². The number of thioether (sulfide) groups is 1. The molecule has 2 N–H and O–H groups in total. The summed E-state index contributed by atoms with van der Waals surface area (Å²) in [7, 11) is 0. The molecule has 1 heterocycles. The number of benzene rings is 1. The van der Waals surface area contributed by atoms with E-state index >= 15 is 0 Å². The zero-order chi connectivity index (χ0) is 13.8. The minimum Gasteiger partial charge on any atom is -0.326 e. The SMILES string of the molecule is CCC(N)C(Sc1cc(C)ccc1C)c1cccs1. The van der Waals surface area contributed by atoms with E-state index in [0.29, 0.717) is 5.25 Å². The molecule has 0 aliphatic rings. The highest BCUT2D eigenvalue weighted by Crippen LogP contribution is 2.41. The third kappa shape index (κ3) is 3.62. The summed E-state index contributed by atoms with van der Waals surface area (Å²) in [6, 6.07) is 11.1. The van der Waals surface area contributed by atoms with Gasteiger partial charge in [-0.3, -0.25) is 0 Å². The maximum Gasteiger partial charge on any atom is 0.0589 e. The van der Waals surface area contributed by atoms with Crippen molar-refractivity contribution in [1.82, 2.24) is 0 Å². The number of aryl methyl sites for hydroxylation is 2. The summed E-state index contributed by atoms with van der Waals surface area (Å²) in [5, 5.41) is 2.49. The molecule has 2 atom stereocenters. The van der Waals surface area contributed by atoms with Crippen LogP contribution in [-0.2, 0) is 0 Å². The fourth-order valence-corrected chi connectivity index (χ4v) is 4.43. The molecule has 0 aliphatic carbocycles. The molecule has 0 aliphatic heterocycles. The quantitative estimate of drug-likeness (QED) is 0.790. The van der Waals surface area contributed by atoms with E-state index < -0.39 is 0 Å². The molecular formula is C16H21NS2. The molecule has 2 aromatic rings. The molecule has 0 spiro atoms. The molecule has 0 amide bonds. The Labute approximate surface area is 124 Å². The summed E-state index contributed by atoms with van der Waals surface area (Å²) in [5.74, 6) is 0. The van der Waals surface area contributed by atoms with E-state index in [1.54, 1.807) is 11.3 Å². The first-order valence-electron chi connectivity index (χ1n) is 6.64. The highest BCUT2D eigenvalue weighted by atomic mass is 32.2. The molecule has 0 bridgehead atoms. The number of hydrogen-bond donors (Lipinski definition) is 1. The van der Waals surface area contributed by atoms with Crippen LogP contribution in [0.3, 0.4) is 0 Å². The van der Waals surface area contributed by atoms with Gasteiger partial charge < -0.3 is 5.73 Å². The molecule has 2 rings (SSSR count). The van der Waals surface area contributed by atoms with Gasteiger partial charge in [0.1, 0.15) is 0 Å². The van der Waals surface area contributed by atoms with Gasteiger partial charge in [-0.25, -0.2) is 0 Å². The smallest absolute Gasteiger partial charge is 0.0589 e. The Bertz CT molecular complexity index is 520. The van der Waals surface area contributed by atoms with Gasteiger partial charge in [-0.05, 0) is 43.3 Å². The van der Waals surface area contributed by atoms with Crippen LogP contribution in [0.2, 0.25) is 0 Å². The summed E-state index contributed by atoms with van der Waals surface area (Å²) in [4.78, 5) is 2.72. The molecule has 1 nitrogen and oxygen atoms in total. The second-order valence-electron chi connectivity index (χ2n) is 4.89. The van der Waals surface area contributed by atoms with Crippen LogP contribution in [-0.4, -0.2) is 6.04 Å². The van der Waals surface area contributed by atoms with Gasteiger partial charge in [0, 0.05) is 15.8 Å². The van der Waals surface area contributed by atoms with E-state index in [1.165, 1.54) is 20.9 Å². The monoisotopic (exact) mass is 291 g/mol. The summed E-state index contributed by atoms with van der Waals surface area (Å²) in [6.07, 6.45) is 1.00. The van der Waals surface area contributed by atoms with E-state index in [1.807, 2.05) is 11.8 Å². The Morgan fingerprint density at radius 2 is 2.05 bits per heavy atom. The largest absolute Gasteiger partial charge is 0.326 e. The van der Waals surface area contributed by atoms with Crippen molar-refractivity contribution in [2.45, 2.75) is 43.4 Å². The van der Waals surface area contributed by atoms with Gasteiger partial charge >= 0.3 is 0 Å². The maximum atomic E-state index is 6.33. The minimum atomic E-state index is 0.198. The second kappa shape index (κ2) is 6.60. The molecule has 19 heavy (non-hydrogen) atoms. The molecule has 0 saturated carbocycles. The Kier molecular flexibility index (Phi) is 5.08. The summed E-state index contributed by atoms with van der Waals surface area (Å²) >= 11 is 3.71.